The third-order valence-electron chi connectivity index (χ3n) is 2.96. The lowest BCUT2D eigenvalue weighted by Crippen LogP contribution is -2.44. The van der Waals surface area contributed by atoms with Crippen molar-refractivity contribution in [2.75, 3.05) is 26.7 Å². The minimum atomic E-state index is -5.26. The first-order valence-corrected chi connectivity index (χ1v) is 6.90. The molecule has 2 N–H and O–H groups in total. The summed E-state index contributed by atoms with van der Waals surface area (Å²) in [5, 5.41) is 5.00. The summed E-state index contributed by atoms with van der Waals surface area (Å²) < 4.78 is 41.1. The van der Waals surface area contributed by atoms with Crippen molar-refractivity contribution in [1.82, 2.24) is 15.5 Å². The molecule has 1 aliphatic heterocycles. The van der Waals surface area contributed by atoms with Gasteiger partial charge in [0, 0.05) is 38.2 Å². The van der Waals surface area contributed by atoms with E-state index in [1.165, 1.54) is 0 Å². The number of nitrogens with zero attached hydrogens (tertiary/aromatic N) is 1. The molecule has 0 aliphatic carbocycles. The number of rotatable bonds is 8. The molecule has 1 heterocycles. The molecule has 134 valence electrons. The third-order valence-corrected chi connectivity index (χ3v) is 2.96. The average molecular weight is 351 g/mol. The van der Waals surface area contributed by atoms with Crippen LogP contribution in [0.1, 0.15) is 6.42 Å². The van der Waals surface area contributed by atoms with Crippen LogP contribution in [-0.4, -0.2) is 67.6 Å². The van der Waals surface area contributed by atoms with Crippen LogP contribution in [0.25, 0.3) is 0 Å². The molecule has 0 aromatic carbocycles. The largest absolute Gasteiger partial charge is 0.490 e. The number of ether oxygens (including phenoxy) is 1. The Morgan fingerprint density at radius 3 is 2.29 bits per heavy atom. The number of hydrogen-bond acceptors (Lipinski definition) is 6. The van der Waals surface area contributed by atoms with Crippen LogP contribution >= 0.6 is 0 Å². The molecule has 0 fully saturated rings. The molecular weight excluding hydrogens is 335 g/mol. The fraction of sp³-hybridized carbons (Fsp3) is 0.538. The van der Waals surface area contributed by atoms with Gasteiger partial charge in [0.2, 0.25) is 0 Å². The molecule has 0 aromatic heterocycles. The molecule has 8 nitrogen and oxygen atoms in total. The Bertz CT molecular complexity index is 529. The van der Waals surface area contributed by atoms with E-state index in [0.717, 1.165) is 17.1 Å². The normalized spacial score (nSPS) is 15.6. The van der Waals surface area contributed by atoms with Crippen LogP contribution in [0.2, 0.25) is 0 Å². The maximum absolute atomic E-state index is 12.3. The van der Waals surface area contributed by atoms with E-state index in [-0.39, 0.29) is 13.1 Å². The zero-order valence-electron chi connectivity index (χ0n) is 12.7. The zero-order valence-corrected chi connectivity index (χ0v) is 12.7. The van der Waals surface area contributed by atoms with E-state index in [1.54, 1.807) is 7.05 Å². The van der Waals surface area contributed by atoms with Crippen molar-refractivity contribution < 1.29 is 37.1 Å². The van der Waals surface area contributed by atoms with E-state index < -0.39 is 42.4 Å². The molecule has 0 radical (unpaired) electrons. The second-order valence-electron chi connectivity index (χ2n) is 4.74. The van der Waals surface area contributed by atoms with E-state index >= 15 is 0 Å². The summed E-state index contributed by atoms with van der Waals surface area (Å²) in [6.45, 7) is 0.0805. The van der Waals surface area contributed by atoms with E-state index in [4.69, 9.17) is 0 Å². The lowest BCUT2D eigenvalue weighted by Gasteiger charge is -2.21. The van der Waals surface area contributed by atoms with Crippen LogP contribution in [0.15, 0.2) is 12.2 Å². The predicted octanol–water partition coefficient (Wildman–Crippen LogP) is -0.889. The summed E-state index contributed by atoms with van der Waals surface area (Å²) in [5.74, 6) is -4.78. The second kappa shape index (κ2) is 8.43. The van der Waals surface area contributed by atoms with Gasteiger partial charge in [-0.05, 0) is 7.05 Å². The number of likely N-dealkylation sites (N-methyl/N-ethyl adjacent to an activating group) is 1. The van der Waals surface area contributed by atoms with Gasteiger partial charge in [-0.1, -0.05) is 0 Å². The van der Waals surface area contributed by atoms with E-state index in [9.17, 15) is 32.3 Å². The van der Waals surface area contributed by atoms with Crippen LogP contribution in [0.4, 0.5) is 13.2 Å². The van der Waals surface area contributed by atoms with Crippen molar-refractivity contribution in [3.63, 3.8) is 0 Å². The Hall–Kier alpha value is -2.43. The molecular formula is C13H16F3N3O5. The van der Waals surface area contributed by atoms with Gasteiger partial charge < -0.3 is 15.4 Å². The number of alkyl halides is 3. The molecule has 0 saturated carbocycles. The summed E-state index contributed by atoms with van der Waals surface area (Å²) >= 11 is 0. The lowest BCUT2D eigenvalue weighted by molar-refractivity contribution is -0.205. The Labute approximate surface area is 135 Å². The number of imide groups is 1. The first kappa shape index (κ1) is 19.6. The Morgan fingerprint density at radius 2 is 1.79 bits per heavy atom. The summed E-state index contributed by atoms with van der Waals surface area (Å²) in [6, 6.07) is 0. The van der Waals surface area contributed by atoms with Gasteiger partial charge in [-0.2, -0.15) is 13.2 Å². The van der Waals surface area contributed by atoms with Gasteiger partial charge in [0.05, 0.1) is 0 Å². The first-order valence-electron chi connectivity index (χ1n) is 6.90. The second-order valence-corrected chi connectivity index (χ2v) is 4.74. The Morgan fingerprint density at radius 1 is 1.21 bits per heavy atom. The summed E-state index contributed by atoms with van der Waals surface area (Å²) in [7, 11) is 1.60. The van der Waals surface area contributed by atoms with Crippen LogP contribution in [0, 0.1) is 0 Å². The molecule has 1 unspecified atom stereocenters. The highest BCUT2D eigenvalue weighted by Gasteiger charge is 2.43. The van der Waals surface area contributed by atoms with Crippen molar-refractivity contribution >= 4 is 23.7 Å². The topological polar surface area (TPSA) is 105 Å². The highest BCUT2D eigenvalue weighted by molar-refractivity contribution is 6.12. The van der Waals surface area contributed by atoms with Crippen LogP contribution < -0.4 is 10.6 Å². The minimum absolute atomic E-state index is 0.0958. The molecule has 0 aromatic rings. The molecule has 0 bridgehead atoms. The maximum atomic E-state index is 12.3. The Balaban J connectivity index is 2.69. The minimum Gasteiger partial charge on any atom is -0.446 e. The van der Waals surface area contributed by atoms with Gasteiger partial charge in [0.1, 0.15) is 0 Å². The summed E-state index contributed by atoms with van der Waals surface area (Å²) in [4.78, 5) is 46.3. The monoisotopic (exact) mass is 351 g/mol. The number of nitrogens with one attached hydrogen (secondary N) is 2. The van der Waals surface area contributed by atoms with Gasteiger partial charge in [-0.3, -0.25) is 19.3 Å². The standard InChI is InChI=1S/C13H16F3N3O5/c1-17-5-6-18-11(22)8(24-12(23)13(14,15)16)4-7-19-9(20)2-3-10(19)21/h2-3,8,17H,4-7H2,1H3,(H,18,22). The highest BCUT2D eigenvalue weighted by atomic mass is 19.4. The third kappa shape index (κ3) is 5.65. The van der Waals surface area contributed by atoms with Crippen molar-refractivity contribution in [3.05, 3.63) is 12.2 Å². The van der Waals surface area contributed by atoms with E-state index in [1.807, 2.05) is 0 Å². The number of halogens is 3. The molecule has 1 atom stereocenters. The number of amides is 3. The van der Waals surface area contributed by atoms with Gasteiger partial charge >= 0.3 is 12.1 Å². The Kier molecular flexibility index (Phi) is 6.89. The predicted molar refractivity (Wildman–Crippen MR) is 73.3 cm³/mol. The van der Waals surface area contributed by atoms with Crippen LogP contribution in [0.5, 0.6) is 0 Å². The quantitative estimate of drug-likeness (QED) is 0.334. The SMILES string of the molecule is CNCCNC(=O)C(CCN1C(=O)C=CC1=O)OC(=O)C(F)(F)F. The average Bonchev–Trinajstić information content (AvgIpc) is 2.81. The van der Waals surface area contributed by atoms with Crippen molar-refractivity contribution in [2.24, 2.45) is 0 Å². The first-order chi connectivity index (χ1) is 11.2. The van der Waals surface area contributed by atoms with Gasteiger partial charge in [0.15, 0.2) is 6.10 Å². The smallest absolute Gasteiger partial charge is 0.446 e. The van der Waals surface area contributed by atoms with Gasteiger partial charge in [0.25, 0.3) is 17.7 Å². The molecule has 11 heteroatoms. The molecule has 3 amide bonds. The fourth-order valence-electron chi connectivity index (χ4n) is 1.76. The van der Waals surface area contributed by atoms with Crippen molar-refractivity contribution in [2.45, 2.75) is 18.7 Å². The van der Waals surface area contributed by atoms with E-state index in [0.29, 0.717) is 6.54 Å². The fourth-order valence-corrected chi connectivity index (χ4v) is 1.76. The molecule has 24 heavy (non-hydrogen) atoms. The highest BCUT2D eigenvalue weighted by Crippen LogP contribution is 2.19. The zero-order chi connectivity index (χ0) is 18.3. The summed E-state index contributed by atoms with van der Waals surface area (Å²) in [5.41, 5.74) is 0. The number of carbonyl (C=O) groups excluding carboxylic acids is 4. The summed E-state index contributed by atoms with van der Waals surface area (Å²) in [6.07, 6.45) is -5.51. The number of hydrogen-bond donors (Lipinski definition) is 2. The van der Waals surface area contributed by atoms with Crippen LogP contribution in [0.3, 0.4) is 0 Å². The number of esters is 1. The van der Waals surface area contributed by atoms with Crippen LogP contribution in [-0.2, 0) is 23.9 Å². The molecule has 0 spiro atoms. The maximum Gasteiger partial charge on any atom is 0.490 e. The molecule has 1 aliphatic rings. The lowest BCUT2D eigenvalue weighted by atomic mass is 10.2. The van der Waals surface area contributed by atoms with Gasteiger partial charge in [-0.25, -0.2) is 4.79 Å². The molecule has 0 saturated heterocycles. The van der Waals surface area contributed by atoms with Gasteiger partial charge in [-0.15, -0.1) is 0 Å². The van der Waals surface area contributed by atoms with Crippen molar-refractivity contribution in [1.29, 1.82) is 0 Å². The number of carbonyl (C=O) groups is 4. The van der Waals surface area contributed by atoms with E-state index in [2.05, 4.69) is 15.4 Å². The molecule has 1 rings (SSSR count). The van der Waals surface area contributed by atoms with Crippen molar-refractivity contribution in [3.8, 4) is 0 Å².